The van der Waals surface area contributed by atoms with Gasteiger partial charge in [-0.05, 0) is 19.1 Å². The van der Waals surface area contributed by atoms with Crippen LogP contribution in [0.15, 0.2) is 89.1 Å². The summed E-state index contributed by atoms with van der Waals surface area (Å²) in [5.41, 5.74) is 3.31. The first-order chi connectivity index (χ1) is 12.1. The lowest BCUT2D eigenvalue weighted by molar-refractivity contribution is 0.583. The largest absolute Gasteiger partial charge is 0.207 e. The van der Waals surface area contributed by atoms with Crippen LogP contribution in [0, 0.1) is 11.6 Å². The van der Waals surface area contributed by atoms with Gasteiger partial charge >= 0.3 is 0 Å². The molecule has 0 fully saturated rings. The molecule has 0 amide bonds. The van der Waals surface area contributed by atoms with Crippen LogP contribution in [0.25, 0.3) is 0 Å². The lowest BCUT2D eigenvalue weighted by atomic mass is 10.0. The maximum Gasteiger partial charge on any atom is 0.126 e. The molecule has 3 rings (SSSR count). The Morgan fingerprint density at radius 2 is 1.12 bits per heavy atom. The van der Waals surface area contributed by atoms with E-state index in [0.717, 1.165) is 17.2 Å². The van der Waals surface area contributed by atoms with Crippen LogP contribution in [0.1, 0.15) is 23.6 Å². The molecule has 0 aromatic heterocycles. The van der Waals surface area contributed by atoms with Gasteiger partial charge < -0.3 is 0 Å². The van der Waals surface area contributed by atoms with E-state index >= 15 is 0 Å². The van der Waals surface area contributed by atoms with Gasteiger partial charge in [-0.3, -0.25) is 0 Å². The van der Waals surface area contributed by atoms with Crippen LogP contribution >= 0.6 is 0 Å². The van der Waals surface area contributed by atoms with Crippen LogP contribution in [0.4, 0.5) is 8.78 Å². The summed E-state index contributed by atoms with van der Waals surface area (Å²) in [5.74, 6) is -1.28. The smallest absolute Gasteiger partial charge is 0.126 e. The average Bonchev–Trinajstić information content (AvgIpc) is 2.63. The summed E-state index contributed by atoms with van der Waals surface area (Å²) in [6, 6.07) is 22.6. The summed E-state index contributed by atoms with van der Waals surface area (Å²) in [4.78, 5) is 0. The average molecular weight is 334 g/mol. The molecule has 0 saturated carbocycles. The van der Waals surface area contributed by atoms with E-state index in [9.17, 15) is 8.78 Å². The molecule has 2 nitrogen and oxygen atoms in total. The summed E-state index contributed by atoms with van der Waals surface area (Å²) in [5, 5.41) is 8.56. The molecule has 3 aromatic rings. The zero-order valence-corrected chi connectivity index (χ0v) is 13.7. The Hall–Kier alpha value is -3.14. The lowest BCUT2D eigenvalue weighted by Crippen LogP contribution is -2.03. The Kier molecular flexibility index (Phi) is 5.09. The summed E-state index contributed by atoms with van der Waals surface area (Å²) in [6.45, 7) is 1.67. The number of halogens is 2. The van der Waals surface area contributed by atoms with Gasteiger partial charge in [0, 0.05) is 22.8 Å². The van der Waals surface area contributed by atoms with Gasteiger partial charge in [-0.15, -0.1) is 5.10 Å². The summed E-state index contributed by atoms with van der Waals surface area (Å²) in [6.07, 6.45) is 0. The zero-order valence-electron chi connectivity index (χ0n) is 13.7. The molecule has 0 aliphatic rings. The predicted molar refractivity (Wildman–Crippen MR) is 97.1 cm³/mol. The standard InChI is InChI=1S/C21H16F2N2/c1-15(18-12-19(22)14-20(23)13-18)24-25-21(16-8-4-2-5-9-16)17-10-6-3-7-11-17/h2-14H,1H3. The van der Waals surface area contributed by atoms with Gasteiger partial charge in [0.05, 0.1) is 5.71 Å². The molecule has 3 aromatic carbocycles. The topological polar surface area (TPSA) is 24.7 Å². The Labute approximate surface area is 145 Å². The van der Waals surface area contributed by atoms with E-state index in [-0.39, 0.29) is 0 Å². The SMILES string of the molecule is CC(=NN=C(c1ccccc1)c1ccccc1)c1cc(F)cc(F)c1. The molecule has 0 radical (unpaired) electrons. The molecule has 0 aliphatic carbocycles. The second kappa shape index (κ2) is 7.62. The minimum atomic E-state index is -0.639. The molecule has 0 saturated heterocycles. The third-order valence-corrected chi connectivity index (χ3v) is 3.67. The fourth-order valence-corrected chi connectivity index (χ4v) is 2.42. The maximum atomic E-state index is 13.4. The molecule has 0 spiro atoms. The summed E-state index contributed by atoms with van der Waals surface area (Å²) in [7, 11) is 0. The van der Waals surface area contributed by atoms with Gasteiger partial charge in [0.1, 0.15) is 17.3 Å². The number of nitrogens with zero attached hydrogens (tertiary/aromatic N) is 2. The predicted octanol–water partition coefficient (Wildman–Crippen LogP) is 5.23. The molecule has 0 heterocycles. The number of hydrogen-bond donors (Lipinski definition) is 0. The highest BCUT2D eigenvalue weighted by molar-refractivity contribution is 6.13. The molecule has 0 aliphatic heterocycles. The van der Waals surface area contributed by atoms with Crippen molar-refractivity contribution in [2.45, 2.75) is 6.92 Å². The minimum absolute atomic E-state index is 0.363. The van der Waals surface area contributed by atoms with E-state index in [4.69, 9.17) is 0 Å². The van der Waals surface area contributed by atoms with Crippen molar-refractivity contribution in [2.24, 2.45) is 10.2 Å². The van der Waals surface area contributed by atoms with Crippen LogP contribution in [0.5, 0.6) is 0 Å². The molecule has 124 valence electrons. The molecule has 25 heavy (non-hydrogen) atoms. The van der Waals surface area contributed by atoms with E-state index in [1.54, 1.807) is 6.92 Å². The molecule has 0 N–H and O–H groups in total. The van der Waals surface area contributed by atoms with E-state index in [1.807, 2.05) is 60.7 Å². The summed E-state index contributed by atoms with van der Waals surface area (Å²) >= 11 is 0. The van der Waals surface area contributed by atoms with Gasteiger partial charge in [0.15, 0.2) is 0 Å². The number of hydrogen-bond acceptors (Lipinski definition) is 2. The van der Waals surface area contributed by atoms with Gasteiger partial charge in [-0.2, -0.15) is 5.10 Å². The van der Waals surface area contributed by atoms with Crippen molar-refractivity contribution in [2.75, 3.05) is 0 Å². The Bertz CT molecular complexity index is 855. The van der Waals surface area contributed by atoms with Crippen LogP contribution in [0.2, 0.25) is 0 Å². The Morgan fingerprint density at radius 3 is 1.60 bits per heavy atom. The molecular formula is C21H16F2N2. The molecule has 0 atom stereocenters. The zero-order chi connectivity index (χ0) is 17.6. The fourth-order valence-electron chi connectivity index (χ4n) is 2.42. The molecular weight excluding hydrogens is 318 g/mol. The first kappa shape index (κ1) is 16.7. The maximum absolute atomic E-state index is 13.4. The summed E-state index contributed by atoms with van der Waals surface area (Å²) < 4.78 is 26.8. The van der Waals surface area contributed by atoms with Crippen LogP contribution in [0.3, 0.4) is 0 Å². The van der Waals surface area contributed by atoms with Crippen molar-refractivity contribution < 1.29 is 8.78 Å². The van der Waals surface area contributed by atoms with Crippen molar-refractivity contribution in [3.63, 3.8) is 0 Å². The first-order valence-corrected chi connectivity index (χ1v) is 7.83. The highest BCUT2D eigenvalue weighted by Crippen LogP contribution is 2.13. The van der Waals surface area contributed by atoms with Gasteiger partial charge in [0.25, 0.3) is 0 Å². The second-order valence-electron chi connectivity index (χ2n) is 5.52. The molecule has 0 unspecified atom stereocenters. The quantitative estimate of drug-likeness (QED) is 0.461. The Balaban J connectivity index is 2.04. The van der Waals surface area contributed by atoms with E-state index < -0.39 is 11.6 Å². The highest BCUT2D eigenvalue weighted by Gasteiger charge is 2.07. The van der Waals surface area contributed by atoms with Crippen molar-refractivity contribution in [1.82, 2.24) is 0 Å². The van der Waals surface area contributed by atoms with E-state index in [2.05, 4.69) is 10.2 Å². The van der Waals surface area contributed by atoms with Gasteiger partial charge in [0.2, 0.25) is 0 Å². The second-order valence-corrected chi connectivity index (χ2v) is 5.52. The van der Waals surface area contributed by atoms with Crippen molar-refractivity contribution in [1.29, 1.82) is 0 Å². The van der Waals surface area contributed by atoms with Crippen LogP contribution in [-0.4, -0.2) is 11.4 Å². The van der Waals surface area contributed by atoms with Crippen LogP contribution in [-0.2, 0) is 0 Å². The van der Waals surface area contributed by atoms with E-state index in [0.29, 0.717) is 17.0 Å². The Morgan fingerprint density at radius 1 is 0.640 bits per heavy atom. The monoisotopic (exact) mass is 334 g/mol. The molecule has 0 bridgehead atoms. The fraction of sp³-hybridized carbons (Fsp3) is 0.0476. The lowest BCUT2D eigenvalue weighted by Gasteiger charge is -2.06. The normalized spacial score (nSPS) is 11.2. The highest BCUT2D eigenvalue weighted by atomic mass is 19.1. The minimum Gasteiger partial charge on any atom is -0.207 e. The first-order valence-electron chi connectivity index (χ1n) is 7.83. The van der Waals surface area contributed by atoms with Crippen molar-refractivity contribution in [3.8, 4) is 0 Å². The van der Waals surface area contributed by atoms with Gasteiger partial charge in [-0.1, -0.05) is 60.7 Å². The number of rotatable bonds is 4. The third-order valence-electron chi connectivity index (χ3n) is 3.67. The van der Waals surface area contributed by atoms with E-state index in [1.165, 1.54) is 12.1 Å². The molecule has 4 heteroatoms. The number of benzene rings is 3. The van der Waals surface area contributed by atoms with Crippen molar-refractivity contribution in [3.05, 3.63) is 107 Å². The van der Waals surface area contributed by atoms with Crippen molar-refractivity contribution >= 4 is 11.4 Å². The third kappa shape index (κ3) is 4.23. The van der Waals surface area contributed by atoms with Crippen LogP contribution < -0.4 is 0 Å². The van der Waals surface area contributed by atoms with Gasteiger partial charge in [-0.25, -0.2) is 8.78 Å².